The van der Waals surface area contributed by atoms with E-state index in [-0.39, 0.29) is 14.5 Å². The number of hydrogen-bond acceptors (Lipinski definition) is 2. The van der Waals surface area contributed by atoms with E-state index in [1.807, 2.05) is 18.3 Å². The quantitative estimate of drug-likeness (QED) is 0.686. The van der Waals surface area contributed by atoms with E-state index in [1.54, 1.807) is 0 Å². The number of nitrogens with two attached hydrogens (primary N) is 1. The van der Waals surface area contributed by atoms with Gasteiger partial charge in [0.25, 0.3) is 0 Å². The number of rotatable bonds is 3. The molecule has 5 heteroatoms. The van der Waals surface area contributed by atoms with E-state index in [0.717, 1.165) is 9.95 Å². The predicted octanol–water partition coefficient (Wildman–Crippen LogP) is 0.179. The average molecular weight is 257 g/mol. The number of aliphatic carboxylic acids is 1. The second kappa shape index (κ2) is 3.61. The molecule has 4 nitrogen and oxygen atoms in total. The van der Waals surface area contributed by atoms with Crippen LogP contribution in [0.25, 0.3) is 9.78 Å². The molecule has 14 heavy (non-hydrogen) atoms. The van der Waals surface area contributed by atoms with Crippen molar-refractivity contribution >= 4 is 30.2 Å². The normalized spacial score (nSPS) is 13.2. The fourth-order valence-electron chi connectivity index (χ4n) is 1.31. The number of H-pyrrole nitrogens is 1. The Balaban J connectivity index is 2.19. The first-order chi connectivity index (χ1) is 6.66. The van der Waals surface area contributed by atoms with Crippen molar-refractivity contribution in [3.05, 3.63) is 22.8 Å². The Kier molecular flexibility index (Phi) is 2.46. The molecule has 0 bridgehead atoms. The molecule has 0 fully saturated rings. The maximum atomic E-state index is 10.5. The van der Waals surface area contributed by atoms with Gasteiger partial charge in [-0.2, -0.15) is 0 Å². The summed E-state index contributed by atoms with van der Waals surface area (Å²) in [5, 5.41) is 8.66. The molecule has 0 aromatic carbocycles. The van der Waals surface area contributed by atoms with Crippen molar-refractivity contribution in [2.75, 3.05) is 0 Å². The molecule has 0 aliphatic carbocycles. The number of hydrogen-bond donors (Lipinski definition) is 3. The Labute approximate surface area is 86.5 Å². The van der Waals surface area contributed by atoms with Gasteiger partial charge in [0.1, 0.15) is 0 Å². The van der Waals surface area contributed by atoms with Crippen molar-refractivity contribution < 1.29 is 9.90 Å². The summed E-state index contributed by atoms with van der Waals surface area (Å²) < 4.78 is 2.43. The van der Waals surface area contributed by atoms with Crippen LogP contribution in [0.1, 0.15) is 4.44 Å². The second-order valence-electron chi connectivity index (χ2n) is 3.12. The van der Waals surface area contributed by atoms with Crippen LogP contribution >= 0.6 is 0 Å². The topological polar surface area (TPSA) is 79.1 Å². The molecule has 0 amide bonds. The molecular weight excluding hydrogens is 247 g/mol. The van der Waals surface area contributed by atoms with Gasteiger partial charge in [-0.1, -0.05) is 0 Å². The van der Waals surface area contributed by atoms with Gasteiger partial charge in [-0.25, -0.2) is 0 Å². The van der Waals surface area contributed by atoms with Crippen LogP contribution in [0.2, 0.25) is 0 Å². The fourth-order valence-corrected chi connectivity index (χ4v) is 3.58. The van der Waals surface area contributed by atoms with Crippen LogP contribution in [-0.2, 0) is 11.2 Å². The molecule has 0 spiro atoms. The molecule has 1 atom stereocenters. The Bertz CT molecular complexity index is 432. The van der Waals surface area contributed by atoms with Gasteiger partial charge < -0.3 is 0 Å². The van der Waals surface area contributed by atoms with E-state index < -0.39 is 12.0 Å². The van der Waals surface area contributed by atoms with E-state index in [9.17, 15) is 4.79 Å². The Morgan fingerprint density at radius 1 is 1.71 bits per heavy atom. The summed E-state index contributed by atoms with van der Waals surface area (Å²) in [5.74, 6) is -0.933. The van der Waals surface area contributed by atoms with Gasteiger partial charge in [-0.15, -0.1) is 0 Å². The van der Waals surface area contributed by atoms with Crippen LogP contribution in [0.3, 0.4) is 0 Å². The summed E-state index contributed by atoms with van der Waals surface area (Å²) >= 11 is 0.252. The molecule has 2 aromatic rings. The van der Waals surface area contributed by atoms with E-state index in [2.05, 4.69) is 4.98 Å². The SMILES string of the molecule is N[C@@H](Cc1cc2[nH]ccc2[se]1)C(=O)O. The molecule has 0 radical (unpaired) electrons. The first-order valence-electron chi connectivity index (χ1n) is 4.21. The average Bonchev–Trinajstić information content (AvgIpc) is 2.63. The molecule has 2 aromatic heterocycles. The maximum absolute atomic E-state index is 10.5. The van der Waals surface area contributed by atoms with Crippen molar-refractivity contribution in [3.63, 3.8) is 0 Å². The third-order valence-corrected chi connectivity index (χ3v) is 4.38. The van der Waals surface area contributed by atoms with Crippen LogP contribution in [0.5, 0.6) is 0 Å². The summed E-state index contributed by atoms with van der Waals surface area (Å²) in [6.45, 7) is 0. The van der Waals surface area contributed by atoms with Gasteiger partial charge in [-0.3, -0.25) is 0 Å². The first-order valence-corrected chi connectivity index (χ1v) is 5.92. The van der Waals surface area contributed by atoms with E-state index in [0.29, 0.717) is 6.42 Å². The number of aromatic amines is 1. The van der Waals surface area contributed by atoms with Crippen LogP contribution in [0.4, 0.5) is 0 Å². The fraction of sp³-hybridized carbons (Fsp3) is 0.222. The second-order valence-corrected chi connectivity index (χ2v) is 5.57. The molecule has 0 saturated heterocycles. The molecule has 2 heterocycles. The number of carboxylic acids is 1. The first kappa shape index (κ1) is 9.52. The molecule has 4 N–H and O–H groups in total. The zero-order chi connectivity index (χ0) is 10.1. The van der Waals surface area contributed by atoms with Crippen LogP contribution in [-0.4, -0.2) is 36.6 Å². The summed E-state index contributed by atoms with van der Waals surface area (Å²) in [4.78, 5) is 13.6. The minimum atomic E-state index is -0.933. The number of carboxylic acid groups (broad SMARTS) is 1. The predicted molar refractivity (Wildman–Crippen MR) is 54.6 cm³/mol. The number of carbonyl (C=O) groups is 1. The van der Waals surface area contributed by atoms with Crippen molar-refractivity contribution in [1.82, 2.24) is 4.98 Å². The molecule has 0 unspecified atom stereocenters. The molecule has 74 valence electrons. The monoisotopic (exact) mass is 258 g/mol. The Hall–Kier alpha value is -1.03. The van der Waals surface area contributed by atoms with Gasteiger partial charge in [0.05, 0.1) is 0 Å². The summed E-state index contributed by atoms with van der Waals surface area (Å²) in [6.07, 6.45) is 2.36. The van der Waals surface area contributed by atoms with Gasteiger partial charge in [0, 0.05) is 0 Å². The van der Waals surface area contributed by atoms with Crippen molar-refractivity contribution in [2.24, 2.45) is 5.73 Å². The zero-order valence-corrected chi connectivity index (χ0v) is 9.07. The van der Waals surface area contributed by atoms with E-state index >= 15 is 0 Å². The van der Waals surface area contributed by atoms with Crippen molar-refractivity contribution in [3.8, 4) is 0 Å². The van der Waals surface area contributed by atoms with E-state index in [4.69, 9.17) is 10.8 Å². The van der Waals surface area contributed by atoms with Gasteiger partial charge in [0.15, 0.2) is 0 Å². The standard InChI is InChI=1S/C9H10N2O2Se/c10-6(9(12)13)3-5-4-7-8(14-5)1-2-11-7/h1-2,4,6,11H,3,10H2,(H,12,13)/t6-/m0/s1. The summed E-state index contributed by atoms with van der Waals surface area (Å²) in [5.41, 5.74) is 6.57. The molecule has 0 aliphatic heterocycles. The van der Waals surface area contributed by atoms with Crippen molar-refractivity contribution in [2.45, 2.75) is 12.5 Å². The van der Waals surface area contributed by atoms with Crippen LogP contribution in [0.15, 0.2) is 18.3 Å². The minimum absolute atomic E-state index is 0.252. The summed E-state index contributed by atoms with van der Waals surface area (Å²) in [7, 11) is 0. The third kappa shape index (κ3) is 1.75. The van der Waals surface area contributed by atoms with Gasteiger partial charge in [-0.05, 0) is 0 Å². The molecule has 0 saturated carbocycles. The van der Waals surface area contributed by atoms with Crippen molar-refractivity contribution in [1.29, 1.82) is 0 Å². The van der Waals surface area contributed by atoms with Gasteiger partial charge >= 0.3 is 86.1 Å². The number of aromatic nitrogens is 1. The third-order valence-electron chi connectivity index (χ3n) is 2.02. The summed E-state index contributed by atoms with van der Waals surface area (Å²) in [6, 6.07) is 3.27. The molecule has 2 rings (SSSR count). The molecule has 0 aliphatic rings. The van der Waals surface area contributed by atoms with Gasteiger partial charge in [0.2, 0.25) is 0 Å². The molecular formula is C9H10N2O2Se. The van der Waals surface area contributed by atoms with Crippen LogP contribution < -0.4 is 5.73 Å². The zero-order valence-electron chi connectivity index (χ0n) is 7.36. The number of nitrogens with one attached hydrogen (secondary N) is 1. The number of fused-ring (bicyclic) bond motifs is 1. The van der Waals surface area contributed by atoms with E-state index in [1.165, 1.54) is 4.26 Å². The van der Waals surface area contributed by atoms with Crippen LogP contribution in [0, 0.1) is 0 Å². The Morgan fingerprint density at radius 2 is 2.50 bits per heavy atom. The Morgan fingerprint density at radius 3 is 3.14 bits per heavy atom.